The minimum absolute atomic E-state index is 0.0570. The number of halogens is 1. The number of aromatic nitrogens is 1. The first kappa shape index (κ1) is 15.5. The highest BCUT2D eigenvalue weighted by Crippen LogP contribution is 2.29. The lowest BCUT2D eigenvalue weighted by Gasteiger charge is -2.10. The van der Waals surface area contributed by atoms with Crippen LogP contribution in [0.4, 0.5) is 0 Å². The molecule has 0 saturated carbocycles. The quantitative estimate of drug-likeness (QED) is 0.849. The summed E-state index contributed by atoms with van der Waals surface area (Å²) < 4.78 is 10.0. The largest absolute Gasteiger partial charge is 0.443 e. The monoisotopic (exact) mass is 310 g/mol. The summed E-state index contributed by atoms with van der Waals surface area (Å²) in [4.78, 5) is 16.0. The first-order valence-corrected chi connectivity index (χ1v) is 6.65. The lowest BCUT2D eigenvalue weighted by atomic mass is 10.1. The molecule has 0 radical (unpaired) electrons. The number of hydrogen-bond acceptors (Lipinski definition) is 5. The van der Waals surface area contributed by atoms with Gasteiger partial charge in [-0.3, -0.25) is 4.79 Å². The second kappa shape index (κ2) is 7.21. The summed E-state index contributed by atoms with van der Waals surface area (Å²) in [6, 6.07) is 7.00. The Morgan fingerprint density at radius 3 is 3.00 bits per heavy atom. The van der Waals surface area contributed by atoms with E-state index in [0.29, 0.717) is 16.3 Å². The number of methoxy groups -OCH3 is 1. The average Bonchev–Trinajstić information content (AvgIpc) is 2.95. The summed E-state index contributed by atoms with van der Waals surface area (Å²) in [5.41, 5.74) is 0.701. The molecule has 6 nitrogen and oxygen atoms in total. The van der Waals surface area contributed by atoms with Crippen molar-refractivity contribution in [3.63, 3.8) is 0 Å². The van der Waals surface area contributed by atoms with Gasteiger partial charge >= 0.3 is 0 Å². The van der Waals surface area contributed by atoms with Crippen LogP contribution in [0, 0.1) is 0 Å². The molecule has 0 fully saturated rings. The Morgan fingerprint density at radius 1 is 1.52 bits per heavy atom. The van der Waals surface area contributed by atoms with E-state index in [1.165, 1.54) is 13.5 Å². The highest BCUT2D eigenvalue weighted by atomic mass is 35.5. The van der Waals surface area contributed by atoms with Crippen LogP contribution in [0.3, 0.4) is 0 Å². The number of nitrogens with zero attached hydrogens (tertiary/aromatic N) is 1. The lowest BCUT2D eigenvalue weighted by molar-refractivity contribution is 0.0609. The zero-order chi connectivity index (χ0) is 15.2. The SMILES string of the molecule is COCC(O)CNC(=O)c1ncoc1-c1ccccc1Cl. The van der Waals surface area contributed by atoms with Gasteiger partial charge in [-0.05, 0) is 12.1 Å². The highest BCUT2D eigenvalue weighted by Gasteiger charge is 2.20. The number of rotatable bonds is 6. The van der Waals surface area contributed by atoms with E-state index in [-0.39, 0.29) is 18.8 Å². The first-order chi connectivity index (χ1) is 10.1. The molecule has 0 bridgehead atoms. The van der Waals surface area contributed by atoms with Crippen LogP contribution in [0.15, 0.2) is 35.1 Å². The third-order valence-electron chi connectivity index (χ3n) is 2.76. The van der Waals surface area contributed by atoms with E-state index in [0.717, 1.165) is 0 Å². The Balaban J connectivity index is 2.13. The molecular formula is C14H15ClN2O4. The molecule has 2 aromatic rings. The topological polar surface area (TPSA) is 84.6 Å². The van der Waals surface area contributed by atoms with Crippen molar-refractivity contribution in [3.05, 3.63) is 41.4 Å². The van der Waals surface area contributed by atoms with E-state index in [1.807, 2.05) is 0 Å². The van der Waals surface area contributed by atoms with E-state index in [1.54, 1.807) is 24.3 Å². The molecule has 0 aliphatic heterocycles. The number of oxazole rings is 1. The van der Waals surface area contributed by atoms with E-state index >= 15 is 0 Å². The fraction of sp³-hybridized carbons (Fsp3) is 0.286. The van der Waals surface area contributed by atoms with Crippen LogP contribution in [-0.4, -0.2) is 42.4 Å². The lowest BCUT2D eigenvalue weighted by Crippen LogP contribution is -2.34. The molecular weight excluding hydrogens is 296 g/mol. The van der Waals surface area contributed by atoms with E-state index < -0.39 is 12.0 Å². The zero-order valence-corrected chi connectivity index (χ0v) is 12.1. The molecule has 1 atom stereocenters. The summed E-state index contributed by atoms with van der Waals surface area (Å²) >= 11 is 6.09. The van der Waals surface area contributed by atoms with Crippen molar-refractivity contribution in [2.24, 2.45) is 0 Å². The number of benzene rings is 1. The molecule has 0 aliphatic carbocycles. The first-order valence-electron chi connectivity index (χ1n) is 6.27. The van der Waals surface area contributed by atoms with Gasteiger partial charge < -0.3 is 19.6 Å². The Morgan fingerprint density at radius 2 is 2.29 bits per heavy atom. The third kappa shape index (κ3) is 3.81. The number of ether oxygens (including phenoxy) is 1. The number of carbonyl (C=O) groups excluding carboxylic acids is 1. The normalized spacial score (nSPS) is 12.1. The van der Waals surface area contributed by atoms with Crippen molar-refractivity contribution in [1.29, 1.82) is 0 Å². The molecule has 0 aliphatic rings. The molecule has 1 heterocycles. The molecule has 112 valence electrons. The minimum atomic E-state index is -0.783. The van der Waals surface area contributed by atoms with Gasteiger partial charge in [0.15, 0.2) is 17.8 Å². The molecule has 1 amide bonds. The van der Waals surface area contributed by atoms with Gasteiger partial charge in [0.05, 0.1) is 17.7 Å². The van der Waals surface area contributed by atoms with Crippen molar-refractivity contribution < 1.29 is 19.1 Å². The summed E-state index contributed by atoms with van der Waals surface area (Å²) in [5, 5.41) is 12.5. The molecule has 0 spiro atoms. The van der Waals surface area contributed by atoms with Crippen LogP contribution in [0.2, 0.25) is 5.02 Å². The van der Waals surface area contributed by atoms with Crippen molar-refractivity contribution in [1.82, 2.24) is 10.3 Å². The van der Waals surface area contributed by atoms with Crippen molar-refractivity contribution >= 4 is 17.5 Å². The van der Waals surface area contributed by atoms with E-state index in [9.17, 15) is 9.90 Å². The number of amides is 1. The van der Waals surface area contributed by atoms with Gasteiger partial charge in [0.2, 0.25) is 0 Å². The maximum atomic E-state index is 12.1. The van der Waals surface area contributed by atoms with Crippen LogP contribution in [0.5, 0.6) is 0 Å². The van der Waals surface area contributed by atoms with E-state index in [4.69, 9.17) is 20.8 Å². The number of carbonyl (C=O) groups is 1. The minimum Gasteiger partial charge on any atom is -0.443 e. The zero-order valence-electron chi connectivity index (χ0n) is 11.4. The highest BCUT2D eigenvalue weighted by molar-refractivity contribution is 6.33. The van der Waals surface area contributed by atoms with Gasteiger partial charge in [0.1, 0.15) is 0 Å². The number of aliphatic hydroxyl groups is 1. The van der Waals surface area contributed by atoms with Crippen molar-refractivity contribution in [2.45, 2.75) is 6.10 Å². The molecule has 2 rings (SSSR count). The van der Waals surface area contributed by atoms with Crippen molar-refractivity contribution in [3.8, 4) is 11.3 Å². The number of hydrogen-bond donors (Lipinski definition) is 2. The fourth-order valence-corrected chi connectivity index (χ4v) is 2.01. The molecule has 1 aromatic heterocycles. The molecule has 1 unspecified atom stereocenters. The Kier molecular flexibility index (Phi) is 5.32. The fourth-order valence-electron chi connectivity index (χ4n) is 1.79. The van der Waals surface area contributed by atoms with Crippen LogP contribution in [-0.2, 0) is 4.74 Å². The molecule has 21 heavy (non-hydrogen) atoms. The molecule has 2 N–H and O–H groups in total. The molecule has 7 heteroatoms. The van der Waals surface area contributed by atoms with E-state index in [2.05, 4.69) is 10.3 Å². The predicted molar refractivity (Wildman–Crippen MR) is 77.2 cm³/mol. The van der Waals surface area contributed by atoms with Crippen molar-refractivity contribution in [2.75, 3.05) is 20.3 Å². The third-order valence-corrected chi connectivity index (χ3v) is 3.09. The summed E-state index contributed by atoms with van der Waals surface area (Å²) in [6.07, 6.45) is 0.397. The average molecular weight is 311 g/mol. The number of aliphatic hydroxyl groups excluding tert-OH is 1. The van der Waals surface area contributed by atoms with Gasteiger partial charge in [0.25, 0.3) is 5.91 Å². The van der Waals surface area contributed by atoms with Gasteiger partial charge in [-0.25, -0.2) is 4.98 Å². The van der Waals surface area contributed by atoms with Gasteiger partial charge in [0, 0.05) is 19.2 Å². The Labute approximate surface area is 126 Å². The second-order valence-electron chi connectivity index (χ2n) is 4.33. The molecule has 1 aromatic carbocycles. The summed E-state index contributed by atoms with van der Waals surface area (Å²) in [6.45, 7) is 0.192. The maximum Gasteiger partial charge on any atom is 0.274 e. The van der Waals surface area contributed by atoms with Gasteiger partial charge in [-0.1, -0.05) is 23.7 Å². The Hall–Kier alpha value is -1.89. The van der Waals surface area contributed by atoms with Crippen LogP contribution < -0.4 is 5.32 Å². The smallest absolute Gasteiger partial charge is 0.274 e. The Bertz CT molecular complexity index is 615. The van der Waals surface area contributed by atoms with Gasteiger partial charge in [-0.2, -0.15) is 0 Å². The van der Waals surface area contributed by atoms with Crippen LogP contribution in [0.25, 0.3) is 11.3 Å². The molecule has 0 saturated heterocycles. The van der Waals surface area contributed by atoms with Crippen LogP contribution in [0.1, 0.15) is 10.5 Å². The summed E-state index contributed by atoms with van der Waals surface area (Å²) in [5.74, 6) is -0.159. The maximum absolute atomic E-state index is 12.1. The summed E-state index contributed by atoms with van der Waals surface area (Å²) in [7, 11) is 1.47. The second-order valence-corrected chi connectivity index (χ2v) is 4.74. The van der Waals surface area contributed by atoms with Gasteiger partial charge in [-0.15, -0.1) is 0 Å². The number of nitrogens with one attached hydrogen (secondary N) is 1. The standard InChI is InChI=1S/C14H15ClN2O4/c1-20-7-9(18)6-16-14(19)12-13(21-8-17-12)10-4-2-3-5-11(10)15/h2-5,8-9,18H,6-7H2,1H3,(H,16,19). The predicted octanol–water partition coefficient (Wildman–Crippen LogP) is 1.73. The van der Waals surface area contributed by atoms with Crippen LogP contribution >= 0.6 is 11.6 Å².